The van der Waals surface area contributed by atoms with Crippen LogP contribution in [0.2, 0.25) is 0 Å². The van der Waals surface area contributed by atoms with Crippen molar-refractivity contribution in [2.75, 3.05) is 0 Å². The molecule has 0 fully saturated rings. The molecule has 0 N–H and O–H groups in total. The quantitative estimate of drug-likeness (QED) is 0.565. The van der Waals surface area contributed by atoms with Gasteiger partial charge < -0.3 is 4.55 Å². The Balaban J connectivity index is 0.00000264. The Labute approximate surface area is 161 Å². The second kappa shape index (κ2) is 9.19. The fourth-order valence-corrected chi connectivity index (χ4v) is 3.44. The van der Waals surface area contributed by atoms with E-state index in [0.29, 0.717) is 5.39 Å². The number of aryl methyl sites for hydroxylation is 2. The molecule has 3 nitrogen and oxygen atoms in total. The molecule has 2 aromatic rings. The normalized spacial score (nSPS) is 11.4. The molecule has 0 aromatic heterocycles. The van der Waals surface area contributed by atoms with Crippen LogP contribution in [0.5, 0.6) is 0 Å². The topological polar surface area (TPSA) is 57.2 Å². The average Bonchev–Trinajstić information content (AvgIpc) is 2.49. The first kappa shape index (κ1) is 20.7. The van der Waals surface area contributed by atoms with Gasteiger partial charge in [-0.3, -0.25) is 0 Å². The maximum Gasteiger partial charge on any atom is 1.00 e. The third kappa shape index (κ3) is 5.57. The molecule has 0 saturated heterocycles. The van der Waals surface area contributed by atoms with Gasteiger partial charge in [-0.25, -0.2) is 8.42 Å². The van der Waals surface area contributed by atoms with Crippen molar-refractivity contribution in [3.05, 3.63) is 41.5 Å². The van der Waals surface area contributed by atoms with Crippen LogP contribution >= 0.6 is 0 Å². The van der Waals surface area contributed by atoms with Crippen molar-refractivity contribution in [3.63, 3.8) is 0 Å². The van der Waals surface area contributed by atoms with E-state index in [1.165, 1.54) is 0 Å². The van der Waals surface area contributed by atoms with Gasteiger partial charge >= 0.3 is 29.6 Å². The SMILES string of the molecule is CCCCc1cc(S(=O)(=O)[O-])c2cc(CCCC)ccc2c1.[Na+]. The van der Waals surface area contributed by atoms with Gasteiger partial charge in [0.05, 0.1) is 4.90 Å². The molecular formula is C18H23NaO3S. The Morgan fingerprint density at radius 3 is 2.09 bits per heavy atom. The molecule has 120 valence electrons. The van der Waals surface area contributed by atoms with Gasteiger partial charge in [0, 0.05) is 0 Å². The standard InChI is InChI=1S/C18H24O3S.Na/c1-3-5-7-14-9-10-16-11-15(8-6-4-2)13-18(17(16)12-14)22(19,20)21;/h9-13H,3-8H2,1-2H3,(H,19,20,21);/q;+1/p-1. The van der Waals surface area contributed by atoms with Gasteiger partial charge in [-0.2, -0.15) is 0 Å². The summed E-state index contributed by atoms with van der Waals surface area (Å²) in [6.45, 7) is 4.21. The minimum atomic E-state index is -4.46. The molecule has 5 heteroatoms. The van der Waals surface area contributed by atoms with Crippen LogP contribution in [0.3, 0.4) is 0 Å². The number of unbranched alkanes of at least 4 members (excludes halogenated alkanes) is 2. The summed E-state index contributed by atoms with van der Waals surface area (Å²) >= 11 is 0. The average molecular weight is 342 g/mol. The summed E-state index contributed by atoms with van der Waals surface area (Å²) in [6.07, 6.45) is 5.86. The summed E-state index contributed by atoms with van der Waals surface area (Å²) in [5.41, 5.74) is 2.01. The molecule has 0 atom stereocenters. The Kier molecular flexibility index (Phi) is 8.25. The van der Waals surface area contributed by atoms with Crippen LogP contribution in [-0.4, -0.2) is 13.0 Å². The molecule has 0 aliphatic heterocycles. The number of hydrogen-bond acceptors (Lipinski definition) is 3. The zero-order valence-electron chi connectivity index (χ0n) is 14.3. The van der Waals surface area contributed by atoms with Crippen LogP contribution < -0.4 is 29.6 Å². The van der Waals surface area contributed by atoms with E-state index in [4.69, 9.17) is 0 Å². The van der Waals surface area contributed by atoms with Crippen LogP contribution in [0.15, 0.2) is 35.2 Å². The van der Waals surface area contributed by atoms with Gasteiger partial charge in [0.1, 0.15) is 10.1 Å². The first-order chi connectivity index (χ1) is 10.5. The Morgan fingerprint density at radius 1 is 0.913 bits per heavy atom. The smallest absolute Gasteiger partial charge is 0.744 e. The first-order valence-electron chi connectivity index (χ1n) is 7.97. The summed E-state index contributed by atoms with van der Waals surface area (Å²) in [7, 11) is -4.46. The van der Waals surface area contributed by atoms with E-state index in [9.17, 15) is 13.0 Å². The molecule has 2 aromatic carbocycles. The minimum Gasteiger partial charge on any atom is -0.744 e. The molecule has 0 amide bonds. The zero-order valence-corrected chi connectivity index (χ0v) is 17.1. The van der Waals surface area contributed by atoms with Crippen LogP contribution in [0.25, 0.3) is 10.8 Å². The van der Waals surface area contributed by atoms with Gasteiger partial charge in [-0.15, -0.1) is 0 Å². The summed E-state index contributed by atoms with van der Waals surface area (Å²) in [4.78, 5) is -0.0746. The van der Waals surface area contributed by atoms with Crippen LogP contribution in [0.4, 0.5) is 0 Å². The van der Waals surface area contributed by atoms with Crippen molar-refractivity contribution in [1.82, 2.24) is 0 Å². The molecule has 0 heterocycles. The molecule has 0 unspecified atom stereocenters. The molecule has 2 rings (SSSR count). The number of benzene rings is 2. The third-order valence-electron chi connectivity index (χ3n) is 3.95. The monoisotopic (exact) mass is 342 g/mol. The predicted molar refractivity (Wildman–Crippen MR) is 89.1 cm³/mol. The van der Waals surface area contributed by atoms with E-state index >= 15 is 0 Å². The molecule has 0 aliphatic carbocycles. The molecule has 0 spiro atoms. The van der Waals surface area contributed by atoms with Crippen molar-refractivity contribution < 1.29 is 42.5 Å². The van der Waals surface area contributed by atoms with Gasteiger partial charge in [-0.1, -0.05) is 44.9 Å². The van der Waals surface area contributed by atoms with Gasteiger partial charge in [0.15, 0.2) is 0 Å². The van der Waals surface area contributed by atoms with Crippen molar-refractivity contribution in [3.8, 4) is 0 Å². The maximum atomic E-state index is 11.6. The van der Waals surface area contributed by atoms with Crippen LogP contribution in [0.1, 0.15) is 50.7 Å². The van der Waals surface area contributed by atoms with E-state index in [2.05, 4.69) is 13.8 Å². The van der Waals surface area contributed by atoms with Gasteiger partial charge in [0.25, 0.3) is 0 Å². The first-order valence-corrected chi connectivity index (χ1v) is 9.38. The Hall–Kier alpha value is -0.390. The summed E-state index contributed by atoms with van der Waals surface area (Å²) < 4.78 is 34.9. The van der Waals surface area contributed by atoms with Crippen molar-refractivity contribution in [2.24, 2.45) is 0 Å². The van der Waals surface area contributed by atoms with Gasteiger partial charge in [-0.05, 0) is 59.7 Å². The third-order valence-corrected chi connectivity index (χ3v) is 4.82. The molecular weight excluding hydrogens is 319 g/mol. The molecule has 23 heavy (non-hydrogen) atoms. The van der Waals surface area contributed by atoms with Crippen LogP contribution in [0, 0.1) is 0 Å². The van der Waals surface area contributed by atoms with E-state index in [1.54, 1.807) is 6.07 Å². The predicted octanol–water partition coefficient (Wildman–Crippen LogP) is 1.43. The molecule has 0 bridgehead atoms. The summed E-state index contributed by atoms with van der Waals surface area (Å²) in [5, 5.41) is 1.40. The molecule has 0 radical (unpaired) electrons. The minimum absolute atomic E-state index is 0. The zero-order chi connectivity index (χ0) is 16.2. The Morgan fingerprint density at radius 2 is 1.52 bits per heavy atom. The van der Waals surface area contributed by atoms with E-state index in [-0.39, 0.29) is 34.5 Å². The number of hydrogen-bond donors (Lipinski definition) is 0. The van der Waals surface area contributed by atoms with Crippen molar-refractivity contribution in [1.29, 1.82) is 0 Å². The summed E-state index contributed by atoms with van der Waals surface area (Å²) in [6, 6.07) is 9.39. The second-order valence-electron chi connectivity index (χ2n) is 5.81. The van der Waals surface area contributed by atoms with Crippen molar-refractivity contribution in [2.45, 2.75) is 57.3 Å². The summed E-state index contributed by atoms with van der Waals surface area (Å²) in [5.74, 6) is 0. The molecule has 0 saturated carbocycles. The van der Waals surface area contributed by atoms with Crippen molar-refractivity contribution >= 4 is 20.9 Å². The largest absolute Gasteiger partial charge is 1.00 e. The van der Waals surface area contributed by atoms with E-state index in [1.807, 2.05) is 24.3 Å². The van der Waals surface area contributed by atoms with Gasteiger partial charge in [0.2, 0.25) is 0 Å². The van der Waals surface area contributed by atoms with Crippen LogP contribution in [-0.2, 0) is 23.0 Å². The van der Waals surface area contributed by atoms with E-state index < -0.39 is 10.1 Å². The molecule has 0 aliphatic rings. The van der Waals surface area contributed by atoms with E-state index in [0.717, 1.165) is 55.0 Å². The second-order valence-corrected chi connectivity index (χ2v) is 7.16. The Bertz CT molecular complexity index is 754. The maximum absolute atomic E-state index is 11.6. The fraction of sp³-hybridized carbons (Fsp3) is 0.444. The number of rotatable bonds is 7. The fourth-order valence-electron chi connectivity index (χ4n) is 2.70. The number of fused-ring (bicyclic) bond motifs is 1.